The van der Waals surface area contributed by atoms with Crippen LogP contribution in [0.4, 0.5) is 5.69 Å². The monoisotopic (exact) mass is 243 g/mol. The fourth-order valence-electron chi connectivity index (χ4n) is 2.40. The first-order chi connectivity index (χ1) is 8.27. The molecule has 0 aliphatic carbocycles. The molecule has 0 saturated heterocycles. The van der Waals surface area contributed by atoms with E-state index in [0.29, 0.717) is 0 Å². The number of likely N-dealkylation sites (N-methyl/N-ethyl adjacent to an activating group) is 1. The first kappa shape index (κ1) is 10.5. The zero-order chi connectivity index (χ0) is 11.8. The Morgan fingerprint density at radius 2 is 2.06 bits per heavy atom. The Labute approximate surface area is 105 Å². The number of rotatable bonds is 2. The molecule has 0 spiro atoms. The molecule has 86 valence electrons. The Hall–Kier alpha value is -1.61. The van der Waals surface area contributed by atoms with Crippen molar-refractivity contribution in [3.8, 4) is 0 Å². The van der Waals surface area contributed by atoms with Crippen LogP contribution in [0.15, 0.2) is 41.8 Å². The zero-order valence-electron chi connectivity index (χ0n) is 9.59. The lowest BCUT2D eigenvalue weighted by Crippen LogP contribution is -2.24. The van der Waals surface area contributed by atoms with E-state index in [9.17, 15) is 4.79 Å². The highest BCUT2D eigenvalue weighted by Crippen LogP contribution is 2.38. The Bertz CT molecular complexity index is 547. The maximum absolute atomic E-state index is 12.2. The van der Waals surface area contributed by atoms with Crippen molar-refractivity contribution in [2.24, 2.45) is 0 Å². The molecule has 0 bridgehead atoms. The third-order valence-electron chi connectivity index (χ3n) is 3.29. The average molecular weight is 243 g/mol. The fourth-order valence-corrected chi connectivity index (χ4v) is 3.15. The van der Waals surface area contributed by atoms with Crippen molar-refractivity contribution in [2.45, 2.75) is 12.3 Å². The first-order valence-electron chi connectivity index (χ1n) is 5.66. The van der Waals surface area contributed by atoms with Crippen LogP contribution in [-0.2, 0) is 11.2 Å². The van der Waals surface area contributed by atoms with Gasteiger partial charge in [0.25, 0.3) is 0 Å². The molecule has 1 aromatic carbocycles. The van der Waals surface area contributed by atoms with E-state index in [1.807, 2.05) is 31.3 Å². The standard InChI is InChI=1S/C14H13NOS/c1-15-13-7-3-2-6-11(13)12(14(15)16)9-10-5-4-8-17-10/h2-8,12H,9H2,1H3. The van der Waals surface area contributed by atoms with Crippen molar-refractivity contribution < 1.29 is 4.79 Å². The van der Waals surface area contributed by atoms with Gasteiger partial charge in [-0.1, -0.05) is 24.3 Å². The lowest BCUT2D eigenvalue weighted by Gasteiger charge is -2.10. The number of benzene rings is 1. The van der Waals surface area contributed by atoms with Crippen molar-refractivity contribution in [3.63, 3.8) is 0 Å². The Balaban J connectivity index is 1.98. The van der Waals surface area contributed by atoms with E-state index in [-0.39, 0.29) is 11.8 Å². The number of carbonyl (C=O) groups excluding carboxylic acids is 1. The van der Waals surface area contributed by atoms with E-state index < -0.39 is 0 Å². The second kappa shape index (κ2) is 4.00. The fraction of sp³-hybridized carbons (Fsp3) is 0.214. The van der Waals surface area contributed by atoms with Gasteiger partial charge in [-0.15, -0.1) is 11.3 Å². The summed E-state index contributed by atoms with van der Waals surface area (Å²) in [5.41, 5.74) is 2.22. The molecule has 2 aromatic rings. The molecule has 3 rings (SSSR count). The highest BCUT2D eigenvalue weighted by molar-refractivity contribution is 7.09. The first-order valence-corrected chi connectivity index (χ1v) is 6.54. The van der Waals surface area contributed by atoms with Crippen LogP contribution in [0.25, 0.3) is 0 Å². The largest absolute Gasteiger partial charge is 0.315 e. The van der Waals surface area contributed by atoms with Crippen LogP contribution in [0.1, 0.15) is 16.4 Å². The third kappa shape index (κ3) is 1.67. The Morgan fingerprint density at radius 3 is 2.82 bits per heavy atom. The number of para-hydroxylation sites is 1. The summed E-state index contributed by atoms with van der Waals surface area (Å²) in [6.07, 6.45) is 0.817. The number of amides is 1. The van der Waals surface area contributed by atoms with E-state index in [0.717, 1.165) is 17.7 Å². The van der Waals surface area contributed by atoms with E-state index in [2.05, 4.69) is 17.5 Å². The van der Waals surface area contributed by atoms with Crippen molar-refractivity contribution in [3.05, 3.63) is 52.2 Å². The van der Waals surface area contributed by atoms with Gasteiger partial charge in [-0.3, -0.25) is 4.79 Å². The van der Waals surface area contributed by atoms with E-state index in [1.165, 1.54) is 4.88 Å². The maximum atomic E-state index is 12.2. The molecule has 1 amide bonds. The maximum Gasteiger partial charge on any atom is 0.234 e. The van der Waals surface area contributed by atoms with Gasteiger partial charge in [0.2, 0.25) is 5.91 Å². The van der Waals surface area contributed by atoms with Crippen LogP contribution in [0.5, 0.6) is 0 Å². The molecule has 1 atom stereocenters. The van der Waals surface area contributed by atoms with Crippen molar-refractivity contribution in [2.75, 3.05) is 11.9 Å². The summed E-state index contributed by atoms with van der Waals surface area (Å²) in [4.78, 5) is 15.3. The number of fused-ring (bicyclic) bond motifs is 1. The van der Waals surface area contributed by atoms with Gasteiger partial charge in [0.05, 0.1) is 5.92 Å². The molecule has 3 heteroatoms. The zero-order valence-corrected chi connectivity index (χ0v) is 10.4. The summed E-state index contributed by atoms with van der Waals surface area (Å²) < 4.78 is 0. The highest BCUT2D eigenvalue weighted by Gasteiger charge is 2.34. The summed E-state index contributed by atoms with van der Waals surface area (Å²) in [5, 5.41) is 2.06. The lowest BCUT2D eigenvalue weighted by atomic mass is 9.97. The molecule has 0 fully saturated rings. The van der Waals surface area contributed by atoms with Crippen molar-refractivity contribution in [1.29, 1.82) is 0 Å². The van der Waals surface area contributed by atoms with Gasteiger partial charge in [0, 0.05) is 17.6 Å². The SMILES string of the molecule is CN1C(=O)C(Cc2cccs2)c2ccccc21. The predicted octanol–water partition coefficient (Wildman–Crippen LogP) is 3.05. The van der Waals surface area contributed by atoms with E-state index in [1.54, 1.807) is 16.2 Å². The summed E-state index contributed by atoms with van der Waals surface area (Å²) in [6, 6.07) is 12.2. The number of thiophene rings is 1. The highest BCUT2D eigenvalue weighted by atomic mass is 32.1. The number of hydrogen-bond donors (Lipinski definition) is 0. The summed E-state index contributed by atoms with van der Waals surface area (Å²) in [5.74, 6) is 0.203. The Kier molecular flexibility index (Phi) is 2.48. The average Bonchev–Trinajstić information content (AvgIpc) is 2.94. The quantitative estimate of drug-likeness (QED) is 0.794. The van der Waals surface area contributed by atoms with Gasteiger partial charge >= 0.3 is 0 Å². The third-order valence-corrected chi connectivity index (χ3v) is 4.19. The van der Waals surface area contributed by atoms with Gasteiger partial charge in [0.15, 0.2) is 0 Å². The molecule has 1 aromatic heterocycles. The minimum absolute atomic E-state index is 0.00477. The number of nitrogens with zero attached hydrogens (tertiary/aromatic N) is 1. The van der Waals surface area contributed by atoms with E-state index >= 15 is 0 Å². The summed E-state index contributed by atoms with van der Waals surface area (Å²) >= 11 is 1.72. The smallest absolute Gasteiger partial charge is 0.234 e. The van der Waals surface area contributed by atoms with Crippen LogP contribution < -0.4 is 4.90 Å². The minimum Gasteiger partial charge on any atom is -0.315 e. The van der Waals surface area contributed by atoms with Crippen LogP contribution >= 0.6 is 11.3 Å². The topological polar surface area (TPSA) is 20.3 Å². The molecular weight excluding hydrogens is 230 g/mol. The summed E-state index contributed by atoms with van der Waals surface area (Å²) in [7, 11) is 1.86. The van der Waals surface area contributed by atoms with Crippen LogP contribution in [-0.4, -0.2) is 13.0 Å². The second-order valence-electron chi connectivity index (χ2n) is 4.29. The molecule has 2 nitrogen and oxygen atoms in total. The molecule has 1 aliphatic rings. The van der Waals surface area contributed by atoms with Gasteiger partial charge in [-0.25, -0.2) is 0 Å². The second-order valence-corrected chi connectivity index (χ2v) is 5.32. The summed E-state index contributed by atoms with van der Waals surface area (Å²) in [6.45, 7) is 0. The Morgan fingerprint density at radius 1 is 1.24 bits per heavy atom. The number of carbonyl (C=O) groups is 1. The van der Waals surface area contributed by atoms with Gasteiger partial charge in [-0.05, 0) is 29.5 Å². The van der Waals surface area contributed by atoms with Crippen LogP contribution in [0.2, 0.25) is 0 Å². The van der Waals surface area contributed by atoms with Crippen LogP contribution in [0.3, 0.4) is 0 Å². The molecule has 0 saturated carbocycles. The van der Waals surface area contributed by atoms with Gasteiger partial charge in [-0.2, -0.15) is 0 Å². The minimum atomic E-state index is -0.00477. The normalized spacial score (nSPS) is 18.5. The predicted molar refractivity (Wildman–Crippen MR) is 70.6 cm³/mol. The molecule has 1 aliphatic heterocycles. The van der Waals surface area contributed by atoms with Crippen molar-refractivity contribution in [1.82, 2.24) is 0 Å². The van der Waals surface area contributed by atoms with Crippen LogP contribution in [0, 0.1) is 0 Å². The van der Waals surface area contributed by atoms with Gasteiger partial charge < -0.3 is 4.90 Å². The molecule has 1 unspecified atom stereocenters. The molecule has 0 radical (unpaired) electrons. The number of hydrogen-bond acceptors (Lipinski definition) is 2. The molecule has 17 heavy (non-hydrogen) atoms. The molecule has 0 N–H and O–H groups in total. The lowest BCUT2D eigenvalue weighted by molar-refractivity contribution is -0.119. The number of anilines is 1. The van der Waals surface area contributed by atoms with Gasteiger partial charge in [0.1, 0.15) is 0 Å². The molecular formula is C14H13NOS. The van der Waals surface area contributed by atoms with Crippen molar-refractivity contribution >= 4 is 22.9 Å². The molecule has 2 heterocycles. The van der Waals surface area contributed by atoms with E-state index in [4.69, 9.17) is 0 Å².